The first-order valence-corrected chi connectivity index (χ1v) is 10.4. The summed E-state index contributed by atoms with van der Waals surface area (Å²) in [5, 5.41) is 0.735. The van der Waals surface area contributed by atoms with Crippen LogP contribution in [-0.4, -0.2) is 52.1 Å². The van der Waals surface area contributed by atoms with Crippen molar-refractivity contribution in [3.8, 4) is 0 Å². The number of aryl methyl sites for hydroxylation is 2. The normalized spacial score (nSPS) is 14.6. The number of thioether (sulfide) groups is 1. The smallest absolute Gasteiger partial charge is 0.191 e. The second-order valence-corrected chi connectivity index (χ2v) is 7.63. The highest BCUT2D eigenvalue weighted by Crippen LogP contribution is 2.29. The van der Waals surface area contributed by atoms with Crippen molar-refractivity contribution >= 4 is 35.0 Å². The summed E-state index contributed by atoms with van der Waals surface area (Å²) in [5.74, 6) is 2.64. The molecule has 0 atom stereocenters. The zero-order chi connectivity index (χ0) is 19.5. The molecule has 0 aliphatic carbocycles. The monoisotopic (exact) mass is 397 g/mol. The molecular weight excluding hydrogens is 374 g/mol. The van der Waals surface area contributed by atoms with Crippen molar-refractivity contribution in [2.24, 2.45) is 7.05 Å². The van der Waals surface area contributed by atoms with E-state index in [9.17, 15) is 4.79 Å². The fraction of sp³-hybridized carbons (Fsp3) is 0.400. The SMILES string of the molecule is CCc1nc2c(N3CCOCC3)nc(SCc3ccc(C=O)cc3)nc2n1C. The second kappa shape index (κ2) is 8.28. The lowest BCUT2D eigenvalue weighted by Gasteiger charge is -2.28. The van der Waals surface area contributed by atoms with Gasteiger partial charge in [-0.15, -0.1) is 0 Å². The predicted octanol–water partition coefficient (Wildman–Crippen LogP) is 2.87. The Labute approximate surface area is 168 Å². The highest BCUT2D eigenvalue weighted by molar-refractivity contribution is 7.98. The van der Waals surface area contributed by atoms with Gasteiger partial charge in [-0.05, 0) is 5.56 Å². The summed E-state index contributed by atoms with van der Waals surface area (Å²) in [4.78, 5) is 27.5. The van der Waals surface area contributed by atoms with E-state index >= 15 is 0 Å². The topological polar surface area (TPSA) is 73.1 Å². The molecule has 0 N–H and O–H groups in total. The van der Waals surface area contributed by atoms with Gasteiger partial charge in [0.1, 0.15) is 12.1 Å². The van der Waals surface area contributed by atoms with Gasteiger partial charge in [0.25, 0.3) is 0 Å². The minimum absolute atomic E-state index is 0.683. The molecule has 0 amide bonds. The molecular formula is C20H23N5O2S. The Morgan fingerprint density at radius 1 is 1.14 bits per heavy atom. The van der Waals surface area contributed by atoms with Gasteiger partial charge in [-0.1, -0.05) is 43.0 Å². The number of aldehydes is 1. The predicted molar refractivity (Wildman–Crippen MR) is 110 cm³/mol. The number of hydrogen-bond donors (Lipinski definition) is 0. The molecule has 1 fully saturated rings. The fourth-order valence-corrected chi connectivity index (χ4v) is 4.08. The molecule has 28 heavy (non-hydrogen) atoms. The highest BCUT2D eigenvalue weighted by atomic mass is 32.2. The zero-order valence-electron chi connectivity index (χ0n) is 16.1. The van der Waals surface area contributed by atoms with Gasteiger partial charge in [0, 0.05) is 37.9 Å². The van der Waals surface area contributed by atoms with Crippen LogP contribution in [0.2, 0.25) is 0 Å². The Kier molecular flexibility index (Phi) is 5.59. The molecule has 1 aliphatic rings. The van der Waals surface area contributed by atoms with Crippen molar-refractivity contribution in [3.05, 3.63) is 41.2 Å². The van der Waals surface area contributed by atoms with E-state index in [2.05, 4.69) is 16.4 Å². The van der Waals surface area contributed by atoms with Gasteiger partial charge in [0.2, 0.25) is 0 Å². The van der Waals surface area contributed by atoms with Crippen LogP contribution in [0.15, 0.2) is 29.4 Å². The van der Waals surface area contributed by atoms with Crippen molar-refractivity contribution < 1.29 is 9.53 Å². The second-order valence-electron chi connectivity index (χ2n) is 6.69. The number of aromatic nitrogens is 4. The number of hydrogen-bond acceptors (Lipinski definition) is 7. The van der Waals surface area contributed by atoms with Crippen LogP contribution in [0, 0.1) is 0 Å². The Morgan fingerprint density at radius 3 is 2.57 bits per heavy atom. The van der Waals surface area contributed by atoms with Gasteiger partial charge in [0.15, 0.2) is 22.1 Å². The molecule has 2 aromatic heterocycles. The largest absolute Gasteiger partial charge is 0.378 e. The summed E-state index contributed by atoms with van der Waals surface area (Å²) in [6.45, 7) is 5.11. The number of anilines is 1. The van der Waals surface area contributed by atoms with Crippen molar-refractivity contribution in [3.63, 3.8) is 0 Å². The fourth-order valence-electron chi connectivity index (χ4n) is 3.29. The third kappa shape index (κ3) is 3.74. The van der Waals surface area contributed by atoms with Crippen LogP contribution >= 0.6 is 11.8 Å². The molecule has 0 unspecified atom stereocenters. The number of ether oxygens (including phenoxy) is 1. The van der Waals surface area contributed by atoms with E-state index in [1.807, 2.05) is 31.3 Å². The third-order valence-electron chi connectivity index (χ3n) is 4.88. The maximum atomic E-state index is 10.8. The van der Waals surface area contributed by atoms with E-state index in [1.54, 1.807) is 11.8 Å². The Bertz CT molecular complexity index is 980. The standard InChI is InChI=1S/C20H23N5O2S/c1-3-16-21-17-18(24(16)2)22-20(23-19(17)25-8-10-27-11-9-25)28-13-15-6-4-14(12-26)5-7-15/h4-7,12H,3,8-11,13H2,1-2H3. The Hall–Kier alpha value is -2.45. The minimum Gasteiger partial charge on any atom is -0.378 e. The zero-order valence-corrected chi connectivity index (χ0v) is 16.9. The minimum atomic E-state index is 0.683. The van der Waals surface area contributed by atoms with E-state index in [1.165, 1.54) is 0 Å². The molecule has 1 aliphatic heterocycles. The number of imidazole rings is 1. The summed E-state index contributed by atoms with van der Waals surface area (Å²) >= 11 is 1.60. The summed E-state index contributed by atoms with van der Waals surface area (Å²) in [5.41, 5.74) is 3.54. The maximum Gasteiger partial charge on any atom is 0.191 e. The first kappa shape index (κ1) is 18.9. The highest BCUT2D eigenvalue weighted by Gasteiger charge is 2.21. The first-order chi connectivity index (χ1) is 13.7. The van der Waals surface area contributed by atoms with Gasteiger partial charge in [0.05, 0.1) is 13.2 Å². The number of morpholine rings is 1. The van der Waals surface area contributed by atoms with Crippen molar-refractivity contribution in [1.82, 2.24) is 19.5 Å². The molecule has 7 nitrogen and oxygen atoms in total. The quantitative estimate of drug-likeness (QED) is 0.360. The van der Waals surface area contributed by atoms with Gasteiger partial charge >= 0.3 is 0 Å². The Balaban J connectivity index is 1.66. The van der Waals surface area contributed by atoms with E-state index in [0.717, 1.165) is 65.1 Å². The lowest BCUT2D eigenvalue weighted by Crippen LogP contribution is -2.37. The molecule has 4 rings (SSSR count). The van der Waals surface area contributed by atoms with Crippen LogP contribution in [0.25, 0.3) is 11.2 Å². The van der Waals surface area contributed by atoms with Gasteiger partial charge < -0.3 is 14.2 Å². The molecule has 1 saturated heterocycles. The van der Waals surface area contributed by atoms with Crippen LogP contribution in [0.4, 0.5) is 5.82 Å². The number of fused-ring (bicyclic) bond motifs is 1. The number of carbonyl (C=O) groups excluding carboxylic acids is 1. The molecule has 3 aromatic rings. The van der Waals surface area contributed by atoms with Crippen molar-refractivity contribution in [2.45, 2.75) is 24.3 Å². The number of rotatable bonds is 6. The van der Waals surface area contributed by atoms with Crippen molar-refractivity contribution in [1.29, 1.82) is 0 Å². The van der Waals surface area contributed by atoms with E-state index < -0.39 is 0 Å². The van der Waals surface area contributed by atoms with Crippen LogP contribution in [0.1, 0.15) is 28.7 Å². The van der Waals surface area contributed by atoms with Crippen LogP contribution in [0.5, 0.6) is 0 Å². The summed E-state index contributed by atoms with van der Waals surface area (Å²) < 4.78 is 7.56. The molecule has 0 saturated carbocycles. The molecule has 1 aromatic carbocycles. The van der Waals surface area contributed by atoms with Crippen LogP contribution < -0.4 is 4.90 Å². The number of carbonyl (C=O) groups is 1. The summed E-state index contributed by atoms with van der Waals surface area (Å²) in [7, 11) is 2.01. The van der Waals surface area contributed by atoms with Gasteiger partial charge in [-0.25, -0.2) is 15.0 Å². The lowest BCUT2D eigenvalue weighted by molar-refractivity contribution is 0.112. The van der Waals surface area contributed by atoms with Crippen LogP contribution in [-0.2, 0) is 24.0 Å². The number of benzene rings is 1. The van der Waals surface area contributed by atoms with Crippen molar-refractivity contribution in [2.75, 3.05) is 31.2 Å². The van der Waals surface area contributed by atoms with E-state index in [4.69, 9.17) is 19.7 Å². The molecule has 146 valence electrons. The third-order valence-corrected chi connectivity index (χ3v) is 5.80. The lowest BCUT2D eigenvalue weighted by atomic mass is 10.2. The molecule has 3 heterocycles. The Morgan fingerprint density at radius 2 is 1.89 bits per heavy atom. The van der Waals surface area contributed by atoms with E-state index in [0.29, 0.717) is 18.8 Å². The average Bonchev–Trinajstić information content (AvgIpc) is 3.08. The molecule has 8 heteroatoms. The molecule has 0 radical (unpaired) electrons. The maximum absolute atomic E-state index is 10.8. The summed E-state index contributed by atoms with van der Waals surface area (Å²) in [6.07, 6.45) is 1.71. The first-order valence-electron chi connectivity index (χ1n) is 9.42. The van der Waals surface area contributed by atoms with E-state index in [-0.39, 0.29) is 0 Å². The molecule has 0 bridgehead atoms. The molecule has 0 spiro atoms. The summed E-state index contributed by atoms with van der Waals surface area (Å²) in [6, 6.07) is 7.61. The van der Waals surface area contributed by atoms with Gasteiger partial charge in [-0.2, -0.15) is 0 Å². The number of nitrogens with zero attached hydrogens (tertiary/aromatic N) is 5. The average molecular weight is 398 g/mol. The van der Waals surface area contributed by atoms with Crippen LogP contribution in [0.3, 0.4) is 0 Å². The van der Waals surface area contributed by atoms with Gasteiger partial charge in [-0.3, -0.25) is 4.79 Å².